The Labute approximate surface area is 202 Å². The molecule has 10 heteroatoms. The monoisotopic (exact) mass is 481 g/mol. The summed E-state index contributed by atoms with van der Waals surface area (Å²) in [6, 6.07) is 14.8. The number of carbonyl (C=O) groups excluding carboxylic acids is 3. The van der Waals surface area contributed by atoms with E-state index in [1.807, 2.05) is 48.5 Å². The topological polar surface area (TPSA) is 134 Å². The van der Waals surface area contributed by atoms with Crippen molar-refractivity contribution in [3.63, 3.8) is 0 Å². The van der Waals surface area contributed by atoms with E-state index in [1.165, 1.54) is 4.90 Å². The normalized spacial score (nSPS) is 18.8. The van der Waals surface area contributed by atoms with Gasteiger partial charge >= 0.3 is 12.1 Å². The highest BCUT2D eigenvalue weighted by molar-refractivity contribution is 5.89. The SMILES string of the molecule is CC1OCCN(C(=O)CNC(=O)CNC(=O)OCC2c3ccccc3-c3ccccc32)C1C(=O)O. The number of hydrogen-bond donors (Lipinski definition) is 3. The molecule has 2 atom stereocenters. The second-order valence-corrected chi connectivity index (χ2v) is 8.40. The summed E-state index contributed by atoms with van der Waals surface area (Å²) in [6.45, 7) is 1.26. The van der Waals surface area contributed by atoms with E-state index in [1.54, 1.807) is 6.92 Å². The van der Waals surface area contributed by atoms with Gasteiger partial charge in [0.1, 0.15) is 13.2 Å². The number of amides is 3. The summed E-state index contributed by atoms with van der Waals surface area (Å²) in [6.07, 6.45) is -1.41. The van der Waals surface area contributed by atoms with E-state index in [2.05, 4.69) is 10.6 Å². The first kappa shape index (κ1) is 24.2. The molecule has 4 rings (SSSR count). The quantitative estimate of drug-likeness (QED) is 0.543. The predicted octanol–water partition coefficient (Wildman–Crippen LogP) is 1.34. The third kappa shape index (κ3) is 5.27. The number of rotatable bonds is 7. The molecule has 0 saturated carbocycles. The summed E-state index contributed by atoms with van der Waals surface area (Å²) < 4.78 is 10.7. The molecule has 0 spiro atoms. The van der Waals surface area contributed by atoms with Crippen LogP contribution in [-0.2, 0) is 23.9 Å². The molecule has 184 valence electrons. The van der Waals surface area contributed by atoms with Crippen molar-refractivity contribution in [1.29, 1.82) is 0 Å². The standard InChI is InChI=1S/C25H27N3O7/c1-15-23(24(31)32)28(10-11-34-15)22(30)13-26-21(29)12-27-25(33)35-14-20-18-8-4-2-6-16(18)17-7-3-5-9-19(17)20/h2-9,15,20,23H,10-14H2,1H3,(H,26,29)(H,27,33)(H,31,32). The van der Waals surface area contributed by atoms with Crippen molar-refractivity contribution in [3.8, 4) is 11.1 Å². The zero-order chi connectivity index (χ0) is 24.9. The van der Waals surface area contributed by atoms with Crippen molar-refractivity contribution in [2.75, 3.05) is 32.8 Å². The van der Waals surface area contributed by atoms with Crippen LogP contribution < -0.4 is 10.6 Å². The first-order chi connectivity index (χ1) is 16.9. The molecular weight excluding hydrogens is 454 g/mol. The number of alkyl carbamates (subject to hydrolysis) is 1. The van der Waals surface area contributed by atoms with Gasteiger partial charge in [0.25, 0.3) is 0 Å². The Hall–Kier alpha value is -3.92. The van der Waals surface area contributed by atoms with E-state index in [4.69, 9.17) is 9.47 Å². The third-order valence-electron chi connectivity index (χ3n) is 6.24. The molecule has 2 aromatic carbocycles. The highest BCUT2D eigenvalue weighted by Gasteiger charge is 2.38. The Morgan fingerprint density at radius 3 is 2.26 bits per heavy atom. The van der Waals surface area contributed by atoms with Gasteiger partial charge in [0.2, 0.25) is 11.8 Å². The first-order valence-corrected chi connectivity index (χ1v) is 11.4. The van der Waals surface area contributed by atoms with Crippen molar-refractivity contribution < 1.29 is 33.8 Å². The van der Waals surface area contributed by atoms with E-state index >= 15 is 0 Å². The van der Waals surface area contributed by atoms with Crippen LogP contribution in [0.5, 0.6) is 0 Å². The maximum Gasteiger partial charge on any atom is 0.407 e. The van der Waals surface area contributed by atoms with Crippen LogP contribution in [0.3, 0.4) is 0 Å². The van der Waals surface area contributed by atoms with E-state index in [9.17, 15) is 24.3 Å². The molecule has 1 aliphatic carbocycles. The number of carbonyl (C=O) groups is 4. The Morgan fingerprint density at radius 1 is 1.00 bits per heavy atom. The van der Waals surface area contributed by atoms with Crippen LogP contribution in [0, 0.1) is 0 Å². The lowest BCUT2D eigenvalue weighted by Gasteiger charge is -2.37. The minimum absolute atomic E-state index is 0.0994. The molecule has 2 unspecified atom stereocenters. The van der Waals surface area contributed by atoms with Crippen molar-refractivity contribution in [1.82, 2.24) is 15.5 Å². The van der Waals surface area contributed by atoms with Crippen molar-refractivity contribution in [2.24, 2.45) is 0 Å². The Kier molecular flexibility index (Phi) is 7.31. The van der Waals surface area contributed by atoms with Gasteiger partial charge in [-0.3, -0.25) is 9.59 Å². The highest BCUT2D eigenvalue weighted by atomic mass is 16.5. The number of aliphatic carboxylic acids is 1. The minimum atomic E-state index is -1.17. The summed E-state index contributed by atoms with van der Waals surface area (Å²) in [7, 11) is 0. The van der Waals surface area contributed by atoms with E-state index in [0.717, 1.165) is 22.3 Å². The van der Waals surface area contributed by atoms with Crippen LogP contribution in [0.25, 0.3) is 11.1 Å². The first-order valence-electron chi connectivity index (χ1n) is 11.4. The second kappa shape index (κ2) is 10.6. The Bertz CT molecular complexity index is 1090. The van der Waals surface area contributed by atoms with Crippen LogP contribution in [-0.4, -0.2) is 78.9 Å². The van der Waals surface area contributed by atoms with Gasteiger partial charge in [-0.05, 0) is 29.2 Å². The summed E-state index contributed by atoms with van der Waals surface area (Å²) >= 11 is 0. The number of nitrogens with zero attached hydrogens (tertiary/aromatic N) is 1. The van der Waals surface area contributed by atoms with Gasteiger partial charge in [-0.25, -0.2) is 9.59 Å². The number of nitrogens with one attached hydrogen (secondary N) is 2. The van der Waals surface area contributed by atoms with Gasteiger partial charge in [0, 0.05) is 12.5 Å². The minimum Gasteiger partial charge on any atom is -0.480 e. The molecule has 0 radical (unpaired) electrons. The maximum absolute atomic E-state index is 12.4. The average molecular weight is 482 g/mol. The van der Waals surface area contributed by atoms with E-state index < -0.39 is 36.0 Å². The van der Waals surface area contributed by atoms with Crippen LogP contribution >= 0.6 is 0 Å². The smallest absolute Gasteiger partial charge is 0.407 e. The summed E-state index contributed by atoms with van der Waals surface area (Å²) in [5, 5.41) is 14.1. The van der Waals surface area contributed by atoms with Crippen molar-refractivity contribution in [3.05, 3.63) is 59.7 Å². The van der Waals surface area contributed by atoms with Gasteiger partial charge < -0.3 is 30.1 Å². The molecule has 10 nitrogen and oxygen atoms in total. The van der Waals surface area contributed by atoms with Crippen LogP contribution in [0.1, 0.15) is 24.0 Å². The predicted molar refractivity (Wildman–Crippen MR) is 125 cm³/mol. The lowest BCUT2D eigenvalue weighted by atomic mass is 9.98. The van der Waals surface area contributed by atoms with Gasteiger partial charge in [0.05, 0.1) is 19.3 Å². The number of hydrogen-bond acceptors (Lipinski definition) is 6. The Balaban J connectivity index is 1.23. The maximum atomic E-state index is 12.4. The Morgan fingerprint density at radius 2 is 1.63 bits per heavy atom. The third-order valence-corrected chi connectivity index (χ3v) is 6.24. The van der Waals surface area contributed by atoms with Crippen LogP contribution in [0.2, 0.25) is 0 Å². The van der Waals surface area contributed by atoms with Gasteiger partial charge in [-0.1, -0.05) is 48.5 Å². The number of morpholine rings is 1. The average Bonchev–Trinajstić information content (AvgIpc) is 3.18. The molecular formula is C25H27N3O7. The number of carboxylic acids is 1. The number of fused-ring (bicyclic) bond motifs is 3. The molecule has 35 heavy (non-hydrogen) atoms. The van der Waals surface area contributed by atoms with Crippen molar-refractivity contribution >= 4 is 23.9 Å². The van der Waals surface area contributed by atoms with Gasteiger partial charge in [-0.2, -0.15) is 0 Å². The van der Waals surface area contributed by atoms with Crippen LogP contribution in [0.15, 0.2) is 48.5 Å². The number of benzene rings is 2. The molecule has 1 aliphatic heterocycles. The fourth-order valence-electron chi connectivity index (χ4n) is 4.57. The molecule has 1 fully saturated rings. The summed E-state index contributed by atoms with van der Waals surface area (Å²) in [4.78, 5) is 49.4. The number of ether oxygens (including phenoxy) is 2. The molecule has 1 heterocycles. The van der Waals surface area contributed by atoms with Crippen LogP contribution in [0.4, 0.5) is 4.79 Å². The molecule has 3 amide bonds. The largest absolute Gasteiger partial charge is 0.480 e. The fraction of sp³-hybridized carbons (Fsp3) is 0.360. The number of carboxylic acid groups (broad SMARTS) is 1. The lowest BCUT2D eigenvalue weighted by Crippen LogP contribution is -2.58. The second-order valence-electron chi connectivity index (χ2n) is 8.40. The molecule has 1 saturated heterocycles. The van der Waals surface area contributed by atoms with E-state index in [0.29, 0.717) is 0 Å². The van der Waals surface area contributed by atoms with Gasteiger partial charge in [-0.15, -0.1) is 0 Å². The zero-order valence-corrected chi connectivity index (χ0v) is 19.2. The summed E-state index contributed by atoms with van der Waals surface area (Å²) in [5.41, 5.74) is 4.38. The highest BCUT2D eigenvalue weighted by Crippen LogP contribution is 2.44. The molecule has 2 aliphatic rings. The molecule has 0 bridgehead atoms. The zero-order valence-electron chi connectivity index (χ0n) is 19.2. The van der Waals surface area contributed by atoms with Crippen molar-refractivity contribution in [2.45, 2.75) is 25.0 Å². The van der Waals surface area contributed by atoms with E-state index in [-0.39, 0.29) is 38.8 Å². The fourth-order valence-corrected chi connectivity index (χ4v) is 4.57. The van der Waals surface area contributed by atoms with Gasteiger partial charge in [0.15, 0.2) is 6.04 Å². The molecule has 3 N–H and O–H groups in total. The summed E-state index contributed by atoms with van der Waals surface area (Å²) in [5.74, 6) is -2.41. The molecule has 2 aromatic rings. The lowest BCUT2D eigenvalue weighted by molar-refractivity contribution is -0.164. The molecule has 0 aromatic heterocycles.